The number of ether oxygens (including phenoxy) is 1. The maximum absolute atomic E-state index is 14.3. The van der Waals surface area contributed by atoms with Crippen molar-refractivity contribution in [2.75, 3.05) is 6.54 Å². The minimum Gasteiger partial charge on any atom is -0.508 e. The molecule has 8 nitrogen and oxygen atoms in total. The molecule has 1 aliphatic carbocycles. The maximum atomic E-state index is 14.3. The van der Waals surface area contributed by atoms with Gasteiger partial charge in [0.1, 0.15) is 23.4 Å². The molecule has 0 spiro atoms. The molecule has 0 radical (unpaired) electrons. The zero-order chi connectivity index (χ0) is 29.7. The molecule has 2 atom stereocenters. The summed E-state index contributed by atoms with van der Waals surface area (Å²) in [4.78, 5) is 42.7. The van der Waals surface area contributed by atoms with Crippen LogP contribution >= 0.6 is 0 Å². The predicted molar refractivity (Wildman–Crippen MR) is 159 cm³/mol. The molecule has 1 saturated carbocycles. The maximum Gasteiger partial charge on any atom is 0.408 e. The first kappa shape index (κ1) is 33.4. The fourth-order valence-electron chi connectivity index (χ4n) is 5.25. The molecule has 0 heterocycles. The highest BCUT2D eigenvalue weighted by molar-refractivity contribution is 5.92. The Morgan fingerprint density at radius 3 is 2.20 bits per heavy atom. The summed E-state index contributed by atoms with van der Waals surface area (Å²) in [7, 11) is 0. The highest BCUT2D eigenvalue weighted by Crippen LogP contribution is 2.27. The van der Waals surface area contributed by atoms with Crippen LogP contribution < -0.4 is 10.6 Å². The van der Waals surface area contributed by atoms with E-state index in [0.29, 0.717) is 18.5 Å². The second kappa shape index (κ2) is 16.5. The van der Waals surface area contributed by atoms with E-state index in [1.807, 2.05) is 13.8 Å². The van der Waals surface area contributed by atoms with Gasteiger partial charge >= 0.3 is 6.09 Å². The summed E-state index contributed by atoms with van der Waals surface area (Å²) in [6, 6.07) is 4.86. The number of carbonyl (C=O) groups excluding carboxylic acids is 3. The lowest BCUT2D eigenvalue weighted by Gasteiger charge is -2.36. The monoisotopic (exact) mass is 559 g/mol. The van der Waals surface area contributed by atoms with Crippen molar-refractivity contribution in [3.63, 3.8) is 0 Å². The van der Waals surface area contributed by atoms with E-state index in [1.165, 1.54) is 6.42 Å². The van der Waals surface area contributed by atoms with Crippen LogP contribution in [0, 0.1) is 5.92 Å². The number of hydrogen-bond acceptors (Lipinski definition) is 5. The summed E-state index contributed by atoms with van der Waals surface area (Å²) in [5.41, 5.74) is -0.0725. The van der Waals surface area contributed by atoms with Crippen molar-refractivity contribution in [1.82, 2.24) is 15.5 Å². The second-order valence-corrected chi connectivity index (χ2v) is 12.6. The smallest absolute Gasteiger partial charge is 0.408 e. The molecule has 40 heavy (non-hydrogen) atoms. The Morgan fingerprint density at radius 1 is 1.00 bits per heavy atom. The van der Waals surface area contributed by atoms with Gasteiger partial charge < -0.3 is 25.4 Å². The van der Waals surface area contributed by atoms with Gasteiger partial charge in [-0.2, -0.15) is 0 Å². The molecule has 1 aliphatic rings. The largest absolute Gasteiger partial charge is 0.508 e. The summed E-state index contributed by atoms with van der Waals surface area (Å²) >= 11 is 0. The number of alkyl carbamates (subject to hydrolysis) is 1. The van der Waals surface area contributed by atoms with E-state index in [2.05, 4.69) is 17.6 Å². The van der Waals surface area contributed by atoms with Crippen LogP contribution in [0.15, 0.2) is 24.3 Å². The molecule has 8 heteroatoms. The fourth-order valence-corrected chi connectivity index (χ4v) is 5.25. The molecule has 0 aromatic heterocycles. The van der Waals surface area contributed by atoms with Gasteiger partial charge in [-0.15, -0.1) is 0 Å². The molecule has 0 aliphatic heterocycles. The van der Waals surface area contributed by atoms with Crippen LogP contribution in [0.5, 0.6) is 5.75 Å². The summed E-state index contributed by atoms with van der Waals surface area (Å²) in [5, 5.41) is 16.0. The number of nitrogens with one attached hydrogen (secondary N) is 2. The molecule has 2 rings (SSSR count). The van der Waals surface area contributed by atoms with Crippen LogP contribution in [0.1, 0.15) is 124 Å². The van der Waals surface area contributed by atoms with E-state index in [1.54, 1.807) is 49.9 Å². The zero-order valence-corrected chi connectivity index (χ0v) is 25.6. The SMILES string of the molecule is CCCCCCCN(C(=O)C(CC(C)C)NC(=O)OC(C)(C)C)C(C(=O)NC1CCCCC1)c1ccc(O)cc1. The quantitative estimate of drug-likeness (QED) is 0.222. The molecule has 3 amide bonds. The Morgan fingerprint density at radius 2 is 1.62 bits per heavy atom. The lowest BCUT2D eigenvalue weighted by Crippen LogP contribution is -2.54. The van der Waals surface area contributed by atoms with E-state index in [4.69, 9.17) is 4.74 Å². The Bertz CT molecular complexity index is 919. The van der Waals surface area contributed by atoms with Crippen LogP contribution in [0.2, 0.25) is 0 Å². The van der Waals surface area contributed by atoms with Gasteiger partial charge in [0.25, 0.3) is 0 Å². The molecule has 0 bridgehead atoms. The average Bonchev–Trinajstić information content (AvgIpc) is 2.87. The summed E-state index contributed by atoms with van der Waals surface area (Å²) in [6.07, 6.45) is 9.91. The van der Waals surface area contributed by atoms with Gasteiger partial charge in [0, 0.05) is 12.6 Å². The topological polar surface area (TPSA) is 108 Å². The minimum atomic E-state index is -0.878. The molecule has 3 N–H and O–H groups in total. The van der Waals surface area contributed by atoms with Crippen molar-refractivity contribution in [1.29, 1.82) is 0 Å². The number of phenols is 1. The number of hydrogen-bond donors (Lipinski definition) is 3. The number of amides is 3. The highest BCUT2D eigenvalue weighted by Gasteiger charge is 2.37. The third kappa shape index (κ3) is 11.8. The van der Waals surface area contributed by atoms with E-state index in [0.717, 1.165) is 57.8 Å². The molecule has 0 saturated heterocycles. The van der Waals surface area contributed by atoms with Gasteiger partial charge in [0.05, 0.1) is 0 Å². The number of rotatable bonds is 14. The Labute approximate surface area is 241 Å². The summed E-state index contributed by atoms with van der Waals surface area (Å²) < 4.78 is 5.48. The Hall–Kier alpha value is -2.77. The molecular weight excluding hydrogens is 506 g/mol. The van der Waals surface area contributed by atoms with Gasteiger partial charge in [-0.25, -0.2) is 4.79 Å². The summed E-state index contributed by atoms with van der Waals surface area (Å²) in [6.45, 7) is 11.9. The number of aromatic hydroxyl groups is 1. The zero-order valence-electron chi connectivity index (χ0n) is 25.6. The van der Waals surface area contributed by atoms with Gasteiger partial charge in [-0.1, -0.05) is 77.8 Å². The summed E-state index contributed by atoms with van der Waals surface area (Å²) in [5.74, 6) is -0.303. The van der Waals surface area contributed by atoms with Gasteiger partial charge in [-0.3, -0.25) is 9.59 Å². The number of phenolic OH excluding ortho intramolecular Hbond substituents is 1. The molecule has 1 aromatic rings. The Kier molecular flexibility index (Phi) is 13.8. The normalized spacial score (nSPS) is 15.8. The standard InChI is InChI=1S/C32H53N3O5/c1-7-8-9-10-14-21-35(30(38)27(22-23(2)3)34-31(39)40-32(4,5)6)28(24-17-19-26(36)20-18-24)29(37)33-25-15-12-11-13-16-25/h17-20,23,25,27-28,36H,7-16,21-22H2,1-6H3,(H,33,37)(H,34,39). The fraction of sp³-hybridized carbons (Fsp3) is 0.719. The van der Waals surface area contributed by atoms with E-state index >= 15 is 0 Å². The lowest BCUT2D eigenvalue weighted by atomic mass is 9.94. The molecule has 2 unspecified atom stereocenters. The number of unbranched alkanes of at least 4 members (excludes halogenated alkanes) is 4. The molecule has 226 valence electrons. The van der Waals surface area contributed by atoms with E-state index in [-0.39, 0.29) is 29.5 Å². The van der Waals surface area contributed by atoms with Crippen molar-refractivity contribution in [3.05, 3.63) is 29.8 Å². The second-order valence-electron chi connectivity index (χ2n) is 12.6. The average molecular weight is 560 g/mol. The number of nitrogens with zero attached hydrogens (tertiary/aromatic N) is 1. The highest BCUT2D eigenvalue weighted by atomic mass is 16.6. The lowest BCUT2D eigenvalue weighted by molar-refractivity contribution is -0.143. The van der Waals surface area contributed by atoms with Crippen molar-refractivity contribution in [3.8, 4) is 5.75 Å². The van der Waals surface area contributed by atoms with Crippen LogP contribution in [-0.2, 0) is 14.3 Å². The van der Waals surface area contributed by atoms with Crippen LogP contribution in [0.3, 0.4) is 0 Å². The molecular formula is C32H53N3O5. The first-order valence-corrected chi connectivity index (χ1v) is 15.3. The van der Waals surface area contributed by atoms with Crippen molar-refractivity contribution in [2.24, 2.45) is 5.92 Å². The number of carbonyl (C=O) groups is 3. The predicted octanol–water partition coefficient (Wildman–Crippen LogP) is 6.62. The van der Waals surface area contributed by atoms with Gasteiger partial charge in [0.2, 0.25) is 11.8 Å². The third-order valence-electron chi connectivity index (χ3n) is 7.20. The van der Waals surface area contributed by atoms with Crippen LogP contribution in [-0.4, -0.2) is 52.1 Å². The first-order valence-electron chi connectivity index (χ1n) is 15.3. The van der Waals surface area contributed by atoms with Crippen molar-refractivity contribution in [2.45, 2.75) is 136 Å². The van der Waals surface area contributed by atoms with Crippen LogP contribution in [0.4, 0.5) is 4.79 Å². The van der Waals surface area contributed by atoms with E-state index < -0.39 is 23.8 Å². The molecule has 1 fully saturated rings. The van der Waals surface area contributed by atoms with Gasteiger partial charge in [0.15, 0.2) is 0 Å². The van der Waals surface area contributed by atoms with Gasteiger partial charge in [-0.05, 0) is 70.1 Å². The van der Waals surface area contributed by atoms with E-state index in [9.17, 15) is 19.5 Å². The minimum absolute atomic E-state index is 0.0775. The van der Waals surface area contributed by atoms with Crippen LogP contribution in [0.25, 0.3) is 0 Å². The van der Waals surface area contributed by atoms with Crippen molar-refractivity contribution < 1.29 is 24.2 Å². The van der Waals surface area contributed by atoms with Crippen molar-refractivity contribution >= 4 is 17.9 Å². The first-order chi connectivity index (χ1) is 18.9. The third-order valence-corrected chi connectivity index (χ3v) is 7.20. The Balaban J connectivity index is 2.44. The number of benzene rings is 1. The molecule has 1 aromatic carbocycles.